The highest BCUT2D eigenvalue weighted by Crippen LogP contribution is 2.37. The third kappa shape index (κ3) is 6.24. The largest absolute Gasteiger partial charge is 0.493 e. The standard InChI is InChI=1S/C19H17BrINO5/c1-11(23)22-16(19(24)25)8-13-7-15(20)18(17(9-13)26-2)27-10-12-4-3-5-14(21)6-12/h3-9H,10H2,1-2H3,(H,22,23)(H,24,25). The SMILES string of the molecule is COc1cc(C=C(NC(C)=O)C(=O)O)cc(Br)c1OCc1cccc(I)c1. The molecule has 2 N–H and O–H groups in total. The lowest BCUT2D eigenvalue weighted by atomic mass is 10.1. The van der Waals surface area contributed by atoms with Crippen LogP contribution >= 0.6 is 38.5 Å². The topological polar surface area (TPSA) is 84.9 Å². The number of ether oxygens (including phenoxy) is 2. The predicted molar refractivity (Wildman–Crippen MR) is 114 cm³/mol. The Balaban J connectivity index is 2.30. The van der Waals surface area contributed by atoms with Crippen molar-refractivity contribution < 1.29 is 24.2 Å². The summed E-state index contributed by atoms with van der Waals surface area (Å²) in [4.78, 5) is 22.4. The van der Waals surface area contributed by atoms with E-state index in [-0.39, 0.29) is 5.70 Å². The minimum Gasteiger partial charge on any atom is -0.493 e. The summed E-state index contributed by atoms with van der Waals surface area (Å²) in [5.41, 5.74) is 1.31. The van der Waals surface area contributed by atoms with Gasteiger partial charge in [-0.25, -0.2) is 4.79 Å². The third-order valence-electron chi connectivity index (χ3n) is 3.38. The second kappa shape index (κ2) is 9.75. The van der Waals surface area contributed by atoms with Crippen LogP contribution in [-0.4, -0.2) is 24.1 Å². The molecule has 1 amide bonds. The first-order valence-electron chi connectivity index (χ1n) is 7.77. The molecule has 0 bridgehead atoms. The normalized spacial score (nSPS) is 11.0. The van der Waals surface area contributed by atoms with Gasteiger partial charge in [0.25, 0.3) is 0 Å². The molecule has 142 valence electrons. The number of benzene rings is 2. The van der Waals surface area contributed by atoms with Crippen LogP contribution in [0.1, 0.15) is 18.1 Å². The van der Waals surface area contributed by atoms with E-state index >= 15 is 0 Å². The van der Waals surface area contributed by atoms with Crippen molar-refractivity contribution in [3.05, 3.63) is 61.3 Å². The summed E-state index contributed by atoms with van der Waals surface area (Å²) in [6.45, 7) is 1.60. The van der Waals surface area contributed by atoms with Gasteiger partial charge in [-0.1, -0.05) is 12.1 Å². The fourth-order valence-electron chi connectivity index (χ4n) is 2.25. The van der Waals surface area contributed by atoms with Crippen LogP contribution in [0, 0.1) is 3.57 Å². The average molecular weight is 546 g/mol. The minimum atomic E-state index is -1.24. The first-order chi connectivity index (χ1) is 12.8. The van der Waals surface area contributed by atoms with E-state index in [0.29, 0.717) is 28.1 Å². The van der Waals surface area contributed by atoms with Crippen molar-refractivity contribution in [2.24, 2.45) is 0 Å². The van der Waals surface area contributed by atoms with Crippen LogP contribution in [0.4, 0.5) is 0 Å². The van der Waals surface area contributed by atoms with Crippen molar-refractivity contribution in [1.82, 2.24) is 5.32 Å². The van der Waals surface area contributed by atoms with Crippen molar-refractivity contribution in [1.29, 1.82) is 0 Å². The number of halogens is 2. The summed E-state index contributed by atoms with van der Waals surface area (Å²) in [6.07, 6.45) is 1.35. The van der Waals surface area contributed by atoms with E-state index < -0.39 is 11.9 Å². The zero-order valence-electron chi connectivity index (χ0n) is 14.6. The Bertz CT molecular complexity index is 898. The molecule has 27 heavy (non-hydrogen) atoms. The maximum atomic E-state index is 11.3. The molecule has 0 saturated carbocycles. The highest BCUT2D eigenvalue weighted by atomic mass is 127. The fraction of sp³-hybridized carbons (Fsp3) is 0.158. The summed E-state index contributed by atoms with van der Waals surface area (Å²) in [6, 6.07) is 11.3. The van der Waals surface area contributed by atoms with Crippen LogP contribution in [0.15, 0.2) is 46.6 Å². The maximum absolute atomic E-state index is 11.3. The van der Waals surface area contributed by atoms with Crippen LogP contribution in [-0.2, 0) is 16.2 Å². The Labute approximate surface area is 178 Å². The van der Waals surface area contributed by atoms with Gasteiger partial charge < -0.3 is 19.9 Å². The molecule has 6 nitrogen and oxygen atoms in total. The number of carbonyl (C=O) groups is 2. The fourth-order valence-corrected chi connectivity index (χ4v) is 3.43. The molecule has 0 aliphatic rings. The molecule has 2 rings (SSSR count). The van der Waals surface area contributed by atoms with Gasteiger partial charge in [-0.2, -0.15) is 0 Å². The first-order valence-corrected chi connectivity index (χ1v) is 9.64. The highest BCUT2D eigenvalue weighted by Gasteiger charge is 2.14. The number of hydrogen-bond donors (Lipinski definition) is 2. The van der Waals surface area contributed by atoms with E-state index in [1.807, 2.05) is 24.3 Å². The van der Waals surface area contributed by atoms with E-state index in [0.717, 1.165) is 9.13 Å². The molecule has 0 spiro atoms. The van der Waals surface area contributed by atoms with Gasteiger partial charge in [0.15, 0.2) is 11.5 Å². The molecule has 0 aliphatic heterocycles. The zero-order valence-corrected chi connectivity index (χ0v) is 18.3. The number of aliphatic carboxylic acids is 1. The van der Waals surface area contributed by atoms with Crippen LogP contribution in [0.2, 0.25) is 0 Å². The molecule has 8 heteroatoms. The van der Waals surface area contributed by atoms with E-state index in [1.165, 1.54) is 20.1 Å². The summed E-state index contributed by atoms with van der Waals surface area (Å²) in [5, 5.41) is 11.5. The second-order valence-corrected chi connectivity index (χ2v) is 7.60. The van der Waals surface area contributed by atoms with Crippen molar-refractivity contribution in [2.75, 3.05) is 7.11 Å². The Morgan fingerprint density at radius 2 is 2.04 bits per heavy atom. The van der Waals surface area contributed by atoms with E-state index in [1.54, 1.807) is 12.1 Å². The van der Waals surface area contributed by atoms with Crippen molar-refractivity contribution in [3.63, 3.8) is 0 Å². The molecule has 0 atom stereocenters. The van der Waals surface area contributed by atoms with Gasteiger partial charge in [-0.3, -0.25) is 4.79 Å². The second-order valence-electron chi connectivity index (χ2n) is 5.50. The number of nitrogens with one attached hydrogen (secondary N) is 1. The lowest BCUT2D eigenvalue weighted by molar-refractivity contribution is -0.134. The lowest BCUT2D eigenvalue weighted by Gasteiger charge is -2.14. The monoisotopic (exact) mass is 545 g/mol. The Morgan fingerprint density at radius 3 is 2.63 bits per heavy atom. The number of hydrogen-bond acceptors (Lipinski definition) is 4. The van der Waals surface area contributed by atoms with Gasteiger partial charge in [0.05, 0.1) is 11.6 Å². The third-order valence-corrected chi connectivity index (χ3v) is 4.64. The van der Waals surface area contributed by atoms with Crippen LogP contribution in [0.25, 0.3) is 6.08 Å². The van der Waals surface area contributed by atoms with Crippen LogP contribution < -0.4 is 14.8 Å². The molecular weight excluding hydrogens is 529 g/mol. The number of carboxylic acid groups (broad SMARTS) is 1. The van der Waals surface area contributed by atoms with Gasteiger partial charge >= 0.3 is 5.97 Å². The number of amides is 1. The first kappa shape index (κ1) is 21.2. The van der Waals surface area contributed by atoms with Gasteiger partial charge in [0, 0.05) is 10.5 Å². The molecule has 0 aliphatic carbocycles. The molecule has 0 fully saturated rings. The van der Waals surface area contributed by atoms with Gasteiger partial charge in [0.1, 0.15) is 12.3 Å². The van der Waals surface area contributed by atoms with Crippen molar-refractivity contribution >= 4 is 56.5 Å². The van der Waals surface area contributed by atoms with E-state index in [9.17, 15) is 14.7 Å². The number of rotatable bonds is 7. The number of methoxy groups -OCH3 is 1. The van der Waals surface area contributed by atoms with Crippen molar-refractivity contribution in [3.8, 4) is 11.5 Å². The molecular formula is C19H17BrINO5. The summed E-state index contributed by atoms with van der Waals surface area (Å²) in [5.74, 6) is -0.759. The highest BCUT2D eigenvalue weighted by molar-refractivity contribution is 14.1. The minimum absolute atomic E-state index is 0.232. The Hall–Kier alpha value is -2.07. The molecule has 2 aromatic carbocycles. The van der Waals surface area contributed by atoms with Crippen LogP contribution in [0.3, 0.4) is 0 Å². The van der Waals surface area contributed by atoms with Gasteiger partial charge in [-0.05, 0) is 80.0 Å². The smallest absolute Gasteiger partial charge is 0.352 e. The van der Waals surface area contributed by atoms with Gasteiger partial charge in [0.2, 0.25) is 5.91 Å². The summed E-state index contributed by atoms with van der Waals surface area (Å²) < 4.78 is 13.0. The quantitative estimate of drug-likeness (QED) is 0.402. The van der Waals surface area contributed by atoms with Crippen molar-refractivity contribution in [2.45, 2.75) is 13.5 Å². The summed E-state index contributed by atoms with van der Waals surface area (Å²) >= 11 is 5.67. The molecule has 2 aromatic rings. The molecule has 0 radical (unpaired) electrons. The zero-order chi connectivity index (χ0) is 20.0. The van der Waals surface area contributed by atoms with E-state index in [4.69, 9.17) is 9.47 Å². The number of carbonyl (C=O) groups excluding carboxylic acids is 1. The van der Waals surface area contributed by atoms with Crippen LogP contribution in [0.5, 0.6) is 11.5 Å². The Kier molecular flexibility index (Phi) is 7.66. The summed E-state index contributed by atoms with van der Waals surface area (Å²) in [7, 11) is 1.50. The average Bonchev–Trinajstić information content (AvgIpc) is 2.59. The molecule has 0 unspecified atom stereocenters. The van der Waals surface area contributed by atoms with Gasteiger partial charge in [-0.15, -0.1) is 0 Å². The predicted octanol–water partition coefficient (Wildman–Crippen LogP) is 4.20. The molecule has 0 heterocycles. The molecule has 0 saturated heterocycles. The number of carboxylic acids is 1. The Morgan fingerprint density at radius 1 is 1.30 bits per heavy atom. The lowest BCUT2D eigenvalue weighted by Crippen LogP contribution is -2.24. The van der Waals surface area contributed by atoms with E-state index in [2.05, 4.69) is 43.8 Å². The maximum Gasteiger partial charge on any atom is 0.352 e. The molecule has 0 aromatic heterocycles.